The minimum absolute atomic E-state index is 0.0912. The van der Waals surface area contributed by atoms with E-state index in [1.54, 1.807) is 23.9 Å². The van der Waals surface area contributed by atoms with Gasteiger partial charge in [0.15, 0.2) is 0 Å². The molecule has 0 fully saturated rings. The molecule has 0 aliphatic rings. The number of hydrogen-bond acceptors (Lipinski definition) is 4. The third kappa shape index (κ3) is 5.17. The van der Waals surface area contributed by atoms with Crippen LogP contribution in [0.25, 0.3) is 16.9 Å². The number of aliphatic hydroxyl groups is 1. The number of rotatable bonds is 7. The maximum Gasteiger partial charge on any atom is 0.251 e. The van der Waals surface area contributed by atoms with Crippen molar-refractivity contribution < 1.29 is 9.90 Å². The van der Waals surface area contributed by atoms with E-state index in [0.717, 1.165) is 26.7 Å². The summed E-state index contributed by atoms with van der Waals surface area (Å²) in [5.41, 5.74) is 3.23. The van der Waals surface area contributed by atoms with Gasteiger partial charge in [0, 0.05) is 33.8 Å². The second-order valence-electron chi connectivity index (χ2n) is 6.73. The largest absolute Gasteiger partial charge is 0.395 e. The molecule has 1 heterocycles. The number of aromatic nitrogens is 2. The number of benzene rings is 3. The van der Waals surface area contributed by atoms with Gasteiger partial charge in [0.05, 0.1) is 17.2 Å². The van der Waals surface area contributed by atoms with Gasteiger partial charge in [-0.15, -0.1) is 0 Å². The second-order valence-corrected chi connectivity index (χ2v) is 8.29. The van der Waals surface area contributed by atoms with Gasteiger partial charge in [-0.3, -0.25) is 4.79 Å². The number of halogens is 1. The van der Waals surface area contributed by atoms with Crippen LogP contribution >= 0.6 is 23.4 Å². The van der Waals surface area contributed by atoms with Crippen molar-refractivity contribution in [3.05, 3.63) is 95.6 Å². The minimum atomic E-state index is -0.217. The molecule has 0 spiro atoms. The van der Waals surface area contributed by atoms with E-state index in [1.165, 1.54) is 0 Å². The average molecular weight is 450 g/mol. The molecule has 0 bridgehead atoms. The van der Waals surface area contributed by atoms with Gasteiger partial charge in [-0.05, 0) is 48.5 Å². The Morgan fingerprint density at radius 3 is 2.39 bits per heavy atom. The van der Waals surface area contributed by atoms with Gasteiger partial charge >= 0.3 is 0 Å². The Morgan fingerprint density at radius 2 is 1.71 bits per heavy atom. The molecule has 2 N–H and O–H groups in total. The molecule has 0 aliphatic carbocycles. The zero-order valence-corrected chi connectivity index (χ0v) is 18.1. The van der Waals surface area contributed by atoms with E-state index in [2.05, 4.69) is 5.32 Å². The van der Waals surface area contributed by atoms with Crippen LogP contribution in [0.2, 0.25) is 5.02 Å². The van der Waals surface area contributed by atoms with Crippen LogP contribution in [0.3, 0.4) is 0 Å². The molecule has 5 nitrogen and oxygen atoms in total. The highest BCUT2D eigenvalue weighted by Gasteiger charge is 2.15. The van der Waals surface area contributed by atoms with E-state index in [1.807, 2.05) is 77.6 Å². The van der Waals surface area contributed by atoms with E-state index < -0.39 is 0 Å². The molecular formula is C24H20ClN3O2S. The molecule has 0 aliphatic heterocycles. The molecule has 7 heteroatoms. The van der Waals surface area contributed by atoms with Crippen LogP contribution in [-0.4, -0.2) is 33.9 Å². The van der Waals surface area contributed by atoms with Crippen LogP contribution in [0.5, 0.6) is 0 Å². The van der Waals surface area contributed by atoms with Crippen molar-refractivity contribution in [2.45, 2.75) is 9.79 Å². The number of hydrogen-bond donors (Lipinski definition) is 2. The quantitative estimate of drug-likeness (QED) is 0.413. The standard InChI is InChI=1S/C24H20ClN3O2S/c25-19-10-12-21(13-11-19)31-22-16-28(20-4-2-1-3-5-20)27-23(22)17-6-8-18(9-7-17)24(30)26-14-15-29/h1-13,16,29H,14-15H2,(H,26,30). The van der Waals surface area contributed by atoms with Crippen molar-refractivity contribution in [3.63, 3.8) is 0 Å². The Kier molecular flexibility index (Phi) is 6.72. The highest BCUT2D eigenvalue weighted by Crippen LogP contribution is 2.36. The van der Waals surface area contributed by atoms with Crippen LogP contribution in [0.15, 0.2) is 94.9 Å². The zero-order valence-electron chi connectivity index (χ0n) is 16.5. The lowest BCUT2D eigenvalue weighted by Crippen LogP contribution is -2.26. The molecule has 0 unspecified atom stereocenters. The van der Waals surface area contributed by atoms with E-state index in [4.69, 9.17) is 21.8 Å². The number of nitrogens with zero attached hydrogens (tertiary/aromatic N) is 2. The van der Waals surface area contributed by atoms with Crippen molar-refractivity contribution in [3.8, 4) is 16.9 Å². The molecule has 0 atom stereocenters. The number of para-hydroxylation sites is 1. The number of aliphatic hydroxyl groups excluding tert-OH is 1. The fourth-order valence-corrected chi connectivity index (χ4v) is 4.09. The van der Waals surface area contributed by atoms with Crippen LogP contribution < -0.4 is 5.32 Å². The first-order valence-corrected chi connectivity index (χ1v) is 10.9. The van der Waals surface area contributed by atoms with Crippen molar-refractivity contribution >= 4 is 29.3 Å². The molecular weight excluding hydrogens is 430 g/mol. The molecule has 0 radical (unpaired) electrons. The summed E-state index contributed by atoms with van der Waals surface area (Å²) in [4.78, 5) is 14.2. The van der Waals surface area contributed by atoms with Gasteiger partial charge in [-0.1, -0.05) is 53.7 Å². The predicted octanol–water partition coefficient (Wildman–Crippen LogP) is 5.07. The van der Waals surface area contributed by atoms with Gasteiger partial charge in [-0.25, -0.2) is 4.68 Å². The summed E-state index contributed by atoms with van der Waals surface area (Å²) in [6.45, 7) is 0.135. The lowest BCUT2D eigenvalue weighted by Gasteiger charge is -2.06. The number of nitrogens with one attached hydrogen (secondary N) is 1. The fourth-order valence-electron chi connectivity index (χ4n) is 3.03. The Morgan fingerprint density at radius 1 is 1.00 bits per heavy atom. The van der Waals surface area contributed by atoms with Crippen LogP contribution in [-0.2, 0) is 0 Å². The highest BCUT2D eigenvalue weighted by molar-refractivity contribution is 7.99. The normalized spacial score (nSPS) is 10.8. The summed E-state index contributed by atoms with van der Waals surface area (Å²) in [5.74, 6) is -0.217. The van der Waals surface area contributed by atoms with Crippen molar-refractivity contribution in [2.24, 2.45) is 0 Å². The van der Waals surface area contributed by atoms with E-state index >= 15 is 0 Å². The maximum atomic E-state index is 12.1. The topological polar surface area (TPSA) is 67.2 Å². The maximum absolute atomic E-state index is 12.1. The van der Waals surface area contributed by atoms with Crippen LogP contribution in [0.4, 0.5) is 0 Å². The summed E-state index contributed by atoms with van der Waals surface area (Å²) in [7, 11) is 0. The van der Waals surface area contributed by atoms with Crippen molar-refractivity contribution in [2.75, 3.05) is 13.2 Å². The van der Waals surface area contributed by atoms with E-state index in [9.17, 15) is 4.79 Å². The Balaban J connectivity index is 1.68. The molecule has 156 valence electrons. The zero-order chi connectivity index (χ0) is 21.6. The average Bonchev–Trinajstić information content (AvgIpc) is 3.23. The lowest BCUT2D eigenvalue weighted by atomic mass is 10.1. The lowest BCUT2D eigenvalue weighted by molar-refractivity contribution is 0.0945. The number of carbonyl (C=O) groups excluding carboxylic acids is 1. The summed E-state index contributed by atoms with van der Waals surface area (Å²) in [6, 6.07) is 24.9. The molecule has 4 rings (SSSR count). The van der Waals surface area contributed by atoms with Gasteiger partial charge < -0.3 is 10.4 Å². The van der Waals surface area contributed by atoms with Gasteiger partial charge in [0.1, 0.15) is 5.69 Å². The summed E-state index contributed by atoms with van der Waals surface area (Å²) >= 11 is 7.63. The molecule has 31 heavy (non-hydrogen) atoms. The Bertz CT molecular complexity index is 1160. The summed E-state index contributed by atoms with van der Waals surface area (Å²) < 4.78 is 1.86. The first kappa shape index (κ1) is 21.2. The third-order valence-corrected chi connectivity index (χ3v) is 5.84. The molecule has 1 aromatic heterocycles. The summed E-state index contributed by atoms with van der Waals surface area (Å²) in [6.07, 6.45) is 2.01. The Labute approximate surface area is 189 Å². The van der Waals surface area contributed by atoms with Gasteiger partial charge in [0.2, 0.25) is 0 Å². The molecule has 3 aromatic carbocycles. The number of carbonyl (C=O) groups is 1. The van der Waals surface area contributed by atoms with Crippen LogP contribution in [0.1, 0.15) is 10.4 Å². The smallest absolute Gasteiger partial charge is 0.251 e. The monoisotopic (exact) mass is 449 g/mol. The fraction of sp³-hybridized carbons (Fsp3) is 0.0833. The summed E-state index contributed by atoms with van der Waals surface area (Å²) in [5, 5.41) is 17.1. The van der Waals surface area contributed by atoms with Crippen molar-refractivity contribution in [1.82, 2.24) is 15.1 Å². The van der Waals surface area contributed by atoms with Gasteiger partial charge in [0.25, 0.3) is 5.91 Å². The highest BCUT2D eigenvalue weighted by atomic mass is 35.5. The SMILES string of the molecule is O=C(NCCO)c1ccc(-c2nn(-c3ccccc3)cc2Sc2ccc(Cl)cc2)cc1. The molecule has 0 saturated heterocycles. The van der Waals surface area contributed by atoms with Crippen molar-refractivity contribution in [1.29, 1.82) is 0 Å². The third-order valence-electron chi connectivity index (χ3n) is 4.56. The second kappa shape index (κ2) is 9.83. The van der Waals surface area contributed by atoms with Crippen LogP contribution in [0, 0.1) is 0 Å². The van der Waals surface area contributed by atoms with E-state index in [0.29, 0.717) is 10.6 Å². The molecule has 0 saturated carbocycles. The minimum Gasteiger partial charge on any atom is -0.395 e. The Hall–Kier alpha value is -3.06. The molecule has 4 aromatic rings. The molecule has 1 amide bonds. The predicted molar refractivity (Wildman–Crippen MR) is 124 cm³/mol. The van der Waals surface area contributed by atoms with E-state index in [-0.39, 0.29) is 19.1 Å². The first-order valence-electron chi connectivity index (χ1n) is 9.72. The van der Waals surface area contributed by atoms with Gasteiger partial charge in [-0.2, -0.15) is 5.10 Å². The first-order chi connectivity index (χ1) is 15.1. The number of amides is 1.